The van der Waals surface area contributed by atoms with Gasteiger partial charge in [0.2, 0.25) is 0 Å². The van der Waals surface area contributed by atoms with Crippen LogP contribution in [0.4, 0.5) is 4.39 Å². The van der Waals surface area contributed by atoms with Crippen molar-refractivity contribution in [2.75, 3.05) is 0 Å². The number of carboxylic acids is 1. The molecule has 0 unspecified atom stereocenters. The SMILES string of the molecule is CCc1ccc(-n2c(CCC(=O)[O-])ccc2-c2ccc(F)cc2)cc1. The van der Waals surface area contributed by atoms with Crippen LogP contribution in [0, 0.1) is 5.82 Å². The van der Waals surface area contributed by atoms with Crippen LogP contribution in [0.15, 0.2) is 60.7 Å². The zero-order valence-corrected chi connectivity index (χ0v) is 14.0. The molecule has 0 saturated heterocycles. The number of carbonyl (C=O) groups is 1. The number of rotatable bonds is 6. The summed E-state index contributed by atoms with van der Waals surface area (Å²) >= 11 is 0. The summed E-state index contributed by atoms with van der Waals surface area (Å²) in [6.45, 7) is 2.10. The highest BCUT2D eigenvalue weighted by molar-refractivity contribution is 5.66. The smallest absolute Gasteiger partial charge is 0.123 e. The molecule has 2 aromatic carbocycles. The van der Waals surface area contributed by atoms with E-state index in [9.17, 15) is 14.3 Å². The van der Waals surface area contributed by atoms with E-state index in [1.165, 1.54) is 17.7 Å². The molecular formula is C21H19FNO2-. The number of aryl methyl sites for hydroxylation is 2. The average Bonchev–Trinajstić information content (AvgIpc) is 3.04. The van der Waals surface area contributed by atoms with Gasteiger partial charge in [-0.3, -0.25) is 0 Å². The van der Waals surface area contributed by atoms with E-state index in [0.717, 1.165) is 29.1 Å². The average molecular weight is 336 g/mol. The van der Waals surface area contributed by atoms with Gasteiger partial charge in [0.1, 0.15) is 5.82 Å². The van der Waals surface area contributed by atoms with Crippen LogP contribution in [-0.4, -0.2) is 10.5 Å². The first kappa shape index (κ1) is 17.0. The van der Waals surface area contributed by atoms with Crippen LogP contribution in [0.5, 0.6) is 0 Å². The lowest BCUT2D eigenvalue weighted by molar-refractivity contribution is -0.305. The Hall–Kier alpha value is -2.88. The zero-order chi connectivity index (χ0) is 17.8. The molecule has 25 heavy (non-hydrogen) atoms. The number of aromatic nitrogens is 1. The molecule has 1 heterocycles. The Labute approximate surface area is 146 Å². The van der Waals surface area contributed by atoms with E-state index in [2.05, 4.69) is 19.1 Å². The van der Waals surface area contributed by atoms with Crippen LogP contribution in [0.3, 0.4) is 0 Å². The van der Waals surface area contributed by atoms with Gasteiger partial charge < -0.3 is 14.5 Å². The van der Waals surface area contributed by atoms with E-state index in [-0.39, 0.29) is 12.2 Å². The minimum absolute atomic E-state index is 0.0418. The molecule has 128 valence electrons. The van der Waals surface area contributed by atoms with Crippen molar-refractivity contribution in [3.63, 3.8) is 0 Å². The molecule has 0 spiro atoms. The molecule has 3 aromatic rings. The van der Waals surface area contributed by atoms with Crippen LogP contribution in [0.1, 0.15) is 24.6 Å². The first-order valence-corrected chi connectivity index (χ1v) is 8.34. The summed E-state index contributed by atoms with van der Waals surface area (Å²) in [4.78, 5) is 10.9. The molecular weight excluding hydrogens is 317 g/mol. The fraction of sp³-hybridized carbons (Fsp3) is 0.190. The van der Waals surface area contributed by atoms with Crippen LogP contribution in [-0.2, 0) is 17.6 Å². The Balaban J connectivity index is 2.08. The monoisotopic (exact) mass is 336 g/mol. The molecule has 3 nitrogen and oxygen atoms in total. The maximum Gasteiger partial charge on any atom is 0.123 e. The molecule has 0 aliphatic rings. The molecule has 4 heteroatoms. The van der Waals surface area contributed by atoms with Crippen molar-refractivity contribution in [2.45, 2.75) is 26.2 Å². The van der Waals surface area contributed by atoms with Gasteiger partial charge in [-0.2, -0.15) is 0 Å². The van der Waals surface area contributed by atoms with E-state index in [1.807, 2.05) is 28.8 Å². The number of nitrogens with zero attached hydrogens (tertiary/aromatic N) is 1. The lowest BCUT2D eigenvalue weighted by Crippen LogP contribution is -2.22. The molecule has 0 atom stereocenters. The molecule has 0 aliphatic carbocycles. The van der Waals surface area contributed by atoms with Crippen molar-refractivity contribution in [1.82, 2.24) is 4.57 Å². The summed E-state index contributed by atoms with van der Waals surface area (Å²) in [6.07, 6.45) is 1.29. The van der Waals surface area contributed by atoms with Crippen molar-refractivity contribution in [3.8, 4) is 16.9 Å². The highest BCUT2D eigenvalue weighted by atomic mass is 19.1. The normalized spacial score (nSPS) is 10.8. The first-order chi connectivity index (χ1) is 12.1. The third kappa shape index (κ3) is 3.79. The van der Waals surface area contributed by atoms with Gasteiger partial charge in [0.05, 0.1) is 5.69 Å². The standard InChI is InChI=1S/C21H20FNO2/c1-2-15-3-9-18(10-4-15)23-19(12-14-21(24)25)11-13-20(23)16-5-7-17(22)8-6-16/h3-11,13H,2,12,14H2,1H3,(H,24,25)/p-1. The quantitative estimate of drug-likeness (QED) is 0.691. The topological polar surface area (TPSA) is 45.1 Å². The van der Waals surface area contributed by atoms with Crippen LogP contribution >= 0.6 is 0 Å². The molecule has 0 N–H and O–H groups in total. The number of benzene rings is 2. The summed E-state index contributed by atoms with van der Waals surface area (Å²) < 4.78 is 15.3. The van der Waals surface area contributed by atoms with Crippen LogP contribution in [0.25, 0.3) is 16.9 Å². The predicted molar refractivity (Wildman–Crippen MR) is 93.9 cm³/mol. The van der Waals surface area contributed by atoms with Gasteiger partial charge in [-0.15, -0.1) is 0 Å². The van der Waals surface area contributed by atoms with Gasteiger partial charge in [-0.25, -0.2) is 4.39 Å². The van der Waals surface area contributed by atoms with E-state index in [0.29, 0.717) is 6.42 Å². The van der Waals surface area contributed by atoms with E-state index in [4.69, 9.17) is 0 Å². The Bertz CT molecular complexity index is 864. The van der Waals surface area contributed by atoms with Gasteiger partial charge in [-0.1, -0.05) is 19.1 Å². The molecule has 0 fully saturated rings. The Kier molecular flexibility index (Phi) is 4.98. The van der Waals surface area contributed by atoms with Gasteiger partial charge in [0, 0.05) is 17.4 Å². The van der Waals surface area contributed by atoms with Crippen LogP contribution < -0.4 is 5.11 Å². The van der Waals surface area contributed by atoms with Crippen molar-refractivity contribution >= 4 is 5.97 Å². The number of halogens is 1. The number of aliphatic carboxylic acids is 1. The molecule has 0 bridgehead atoms. The Morgan fingerprint density at radius 2 is 1.68 bits per heavy atom. The summed E-state index contributed by atoms with van der Waals surface area (Å²) in [7, 11) is 0. The van der Waals surface area contributed by atoms with Crippen molar-refractivity contribution in [1.29, 1.82) is 0 Å². The Morgan fingerprint density at radius 1 is 1.00 bits per heavy atom. The van der Waals surface area contributed by atoms with Crippen molar-refractivity contribution < 1.29 is 14.3 Å². The van der Waals surface area contributed by atoms with Crippen molar-refractivity contribution in [3.05, 3.63) is 77.7 Å². The number of hydrogen-bond donors (Lipinski definition) is 0. The summed E-state index contributed by atoms with van der Waals surface area (Å²) in [5, 5.41) is 10.9. The highest BCUT2D eigenvalue weighted by Gasteiger charge is 2.12. The van der Waals surface area contributed by atoms with Gasteiger partial charge in [0.25, 0.3) is 0 Å². The third-order valence-electron chi connectivity index (χ3n) is 4.29. The maximum absolute atomic E-state index is 13.2. The van der Waals surface area contributed by atoms with Crippen molar-refractivity contribution in [2.24, 2.45) is 0 Å². The Morgan fingerprint density at radius 3 is 2.28 bits per heavy atom. The minimum Gasteiger partial charge on any atom is -0.550 e. The van der Waals surface area contributed by atoms with E-state index in [1.54, 1.807) is 12.1 Å². The maximum atomic E-state index is 13.2. The lowest BCUT2D eigenvalue weighted by atomic mass is 10.1. The van der Waals surface area contributed by atoms with E-state index < -0.39 is 5.97 Å². The van der Waals surface area contributed by atoms with Gasteiger partial charge >= 0.3 is 0 Å². The molecule has 0 radical (unpaired) electrons. The molecule has 0 amide bonds. The summed E-state index contributed by atoms with van der Waals surface area (Å²) in [5.41, 5.74) is 4.84. The lowest BCUT2D eigenvalue weighted by Gasteiger charge is -2.15. The minimum atomic E-state index is -1.07. The number of carbonyl (C=O) groups excluding carboxylic acids is 1. The molecule has 0 saturated carbocycles. The largest absolute Gasteiger partial charge is 0.550 e. The number of hydrogen-bond acceptors (Lipinski definition) is 2. The second-order valence-corrected chi connectivity index (χ2v) is 5.94. The molecule has 0 aliphatic heterocycles. The zero-order valence-electron chi connectivity index (χ0n) is 14.0. The fourth-order valence-electron chi connectivity index (χ4n) is 2.94. The fourth-order valence-corrected chi connectivity index (χ4v) is 2.94. The third-order valence-corrected chi connectivity index (χ3v) is 4.29. The predicted octanol–water partition coefficient (Wildman–Crippen LogP) is 3.53. The number of carboxylic acid groups (broad SMARTS) is 1. The molecule has 1 aromatic heterocycles. The molecule has 3 rings (SSSR count). The second kappa shape index (κ2) is 7.34. The second-order valence-electron chi connectivity index (χ2n) is 5.94. The van der Waals surface area contributed by atoms with Gasteiger partial charge in [0.15, 0.2) is 0 Å². The van der Waals surface area contributed by atoms with Crippen LogP contribution in [0.2, 0.25) is 0 Å². The van der Waals surface area contributed by atoms with E-state index >= 15 is 0 Å². The highest BCUT2D eigenvalue weighted by Crippen LogP contribution is 2.28. The summed E-state index contributed by atoms with van der Waals surface area (Å²) in [5.74, 6) is -1.36. The van der Waals surface area contributed by atoms with Gasteiger partial charge in [-0.05, 0) is 78.9 Å². The summed E-state index contributed by atoms with van der Waals surface area (Å²) in [6, 6.07) is 18.3. The first-order valence-electron chi connectivity index (χ1n) is 8.34.